The number of piperazine rings is 1. The lowest BCUT2D eigenvalue weighted by Crippen LogP contribution is -2.50. The Hall–Kier alpha value is -0.0800. The maximum atomic E-state index is 2.78. The maximum absolute atomic E-state index is 2.78. The van der Waals surface area contributed by atoms with Crippen molar-refractivity contribution >= 4 is 0 Å². The molecule has 2 nitrogen and oxygen atoms in total. The van der Waals surface area contributed by atoms with E-state index < -0.39 is 0 Å². The van der Waals surface area contributed by atoms with Crippen molar-refractivity contribution in [1.29, 1.82) is 0 Å². The average Bonchev–Trinajstić information content (AvgIpc) is 2.80. The van der Waals surface area contributed by atoms with Crippen molar-refractivity contribution in [1.82, 2.24) is 9.80 Å². The van der Waals surface area contributed by atoms with Crippen LogP contribution in [0, 0.1) is 11.8 Å². The van der Waals surface area contributed by atoms with Gasteiger partial charge in [-0.3, -0.25) is 4.90 Å². The van der Waals surface area contributed by atoms with E-state index in [0.717, 1.165) is 17.9 Å². The van der Waals surface area contributed by atoms with Crippen LogP contribution in [0.15, 0.2) is 0 Å². The Kier molecular flexibility index (Phi) is 2.29. The van der Waals surface area contributed by atoms with Crippen LogP contribution in [0.3, 0.4) is 0 Å². The Bertz CT molecular complexity index is 208. The number of hydrogen-bond donors (Lipinski definition) is 0. The topological polar surface area (TPSA) is 6.48 Å². The second-order valence-electron chi connectivity index (χ2n) is 5.58. The maximum Gasteiger partial charge on any atom is 0.0127 e. The Morgan fingerprint density at radius 2 is 1.71 bits per heavy atom. The van der Waals surface area contributed by atoms with E-state index >= 15 is 0 Å². The number of likely N-dealkylation sites (N-methyl/N-ethyl adjacent to an activating group) is 1. The molecule has 3 fully saturated rings. The highest BCUT2D eigenvalue weighted by molar-refractivity contribution is 4.96. The molecule has 3 atom stereocenters. The minimum Gasteiger partial charge on any atom is -0.304 e. The molecule has 1 saturated heterocycles. The Morgan fingerprint density at radius 3 is 2.29 bits per heavy atom. The van der Waals surface area contributed by atoms with Gasteiger partial charge in [0.25, 0.3) is 0 Å². The molecule has 80 valence electrons. The van der Waals surface area contributed by atoms with Gasteiger partial charge < -0.3 is 4.90 Å². The van der Waals surface area contributed by atoms with E-state index in [2.05, 4.69) is 16.8 Å². The number of fused-ring (bicyclic) bond motifs is 2. The second-order valence-corrected chi connectivity index (χ2v) is 5.58. The first-order chi connectivity index (χ1) is 6.83. The lowest BCUT2D eigenvalue weighted by atomic mass is 9.93. The molecule has 0 unspecified atom stereocenters. The molecule has 2 saturated carbocycles. The highest BCUT2D eigenvalue weighted by atomic mass is 15.3. The molecule has 0 aromatic carbocycles. The van der Waals surface area contributed by atoms with Crippen LogP contribution in [0.2, 0.25) is 0 Å². The molecule has 0 aromatic heterocycles. The number of nitrogens with zero attached hydrogens (tertiary/aromatic N) is 2. The smallest absolute Gasteiger partial charge is 0.0127 e. The fraction of sp³-hybridized carbons (Fsp3) is 1.00. The van der Waals surface area contributed by atoms with E-state index in [0.29, 0.717) is 0 Å². The first-order valence-corrected chi connectivity index (χ1v) is 6.25. The highest BCUT2D eigenvalue weighted by Crippen LogP contribution is 2.46. The normalized spacial score (nSPS) is 44.8. The highest BCUT2D eigenvalue weighted by Gasteiger charge is 2.42. The van der Waals surface area contributed by atoms with Crippen LogP contribution in [0.25, 0.3) is 0 Å². The minimum absolute atomic E-state index is 0.974. The van der Waals surface area contributed by atoms with Crippen LogP contribution < -0.4 is 0 Å². The van der Waals surface area contributed by atoms with Gasteiger partial charge in [0.1, 0.15) is 0 Å². The summed E-state index contributed by atoms with van der Waals surface area (Å²) < 4.78 is 0. The lowest BCUT2D eigenvalue weighted by Gasteiger charge is -2.39. The van der Waals surface area contributed by atoms with Gasteiger partial charge in [0.15, 0.2) is 0 Å². The van der Waals surface area contributed by atoms with Crippen LogP contribution in [-0.2, 0) is 0 Å². The third-order valence-electron chi connectivity index (χ3n) is 4.71. The van der Waals surface area contributed by atoms with Gasteiger partial charge in [0.05, 0.1) is 0 Å². The zero-order chi connectivity index (χ0) is 9.54. The number of hydrogen-bond acceptors (Lipinski definition) is 2. The molecule has 14 heavy (non-hydrogen) atoms. The third-order valence-corrected chi connectivity index (χ3v) is 4.71. The van der Waals surface area contributed by atoms with Gasteiger partial charge in [-0.2, -0.15) is 0 Å². The van der Waals surface area contributed by atoms with E-state index in [4.69, 9.17) is 0 Å². The molecule has 3 aliphatic rings. The van der Waals surface area contributed by atoms with E-state index in [1.807, 2.05) is 0 Å². The SMILES string of the molecule is CN1CCN([C@@H]2C[C@@H]3CC[C@H]2C3)CC1. The van der Waals surface area contributed by atoms with Gasteiger partial charge in [-0.05, 0) is 38.1 Å². The lowest BCUT2D eigenvalue weighted by molar-refractivity contribution is 0.0826. The van der Waals surface area contributed by atoms with Crippen molar-refractivity contribution in [2.45, 2.75) is 31.7 Å². The van der Waals surface area contributed by atoms with Gasteiger partial charge in [-0.25, -0.2) is 0 Å². The molecule has 1 aliphatic heterocycles. The van der Waals surface area contributed by atoms with Crippen molar-refractivity contribution in [3.8, 4) is 0 Å². The summed E-state index contributed by atoms with van der Waals surface area (Å²) in [4.78, 5) is 5.24. The molecule has 3 rings (SSSR count). The predicted molar refractivity (Wildman–Crippen MR) is 58.3 cm³/mol. The summed E-state index contributed by atoms with van der Waals surface area (Å²) in [6.07, 6.45) is 6.14. The van der Waals surface area contributed by atoms with Crippen LogP contribution in [0.5, 0.6) is 0 Å². The summed E-state index contributed by atoms with van der Waals surface area (Å²) in [5, 5.41) is 0. The van der Waals surface area contributed by atoms with Crippen molar-refractivity contribution < 1.29 is 0 Å². The van der Waals surface area contributed by atoms with E-state index in [9.17, 15) is 0 Å². The molecular weight excluding hydrogens is 172 g/mol. The largest absolute Gasteiger partial charge is 0.304 e. The van der Waals surface area contributed by atoms with Crippen molar-refractivity contribution in [2.24, 2.45) is 11.8 Å². The van der Waals surface area contributed by atoms with Crippen LogP contribution in [0.1, 0.15) is 25.7 Å². The van der Waals surface area contributed by atoms with Gasteiger partial charge in [0.2, 0.25) is 0 Å². The molecule has 2 heteroatoms. The zero-order valence-electron chi connectivity index (χ0n) is 9.28. The summed E-state index contributed by atoms with van der Waals surface area (Å²) in [6, 6.07) is 0.974. The molecule has 2 bridgehead atoms. The summed E-state index contributed by atoms with van der Waals surface area (Å²) >= 11 is 0. The van der Waals surface area contributed by atoms with Crippen LogP contribution >= 0.6 is 0 Å². The monoisotopic (exact) mass is 194 g/mol. The third kappa shape index (κ3) is 1.49. The second kappa shape index (κ2) is 3.49. The molecular formula is C12H22N2. The minimum atomic E-state index is 0.974. The van der Waals surface area contributed by atoms with Crippen molar-refractivity contribution in [3.05, 3.63) is 0 Å². The molecule has 1 heterocycles. The van der Waals surface area contributed by atoms with Gasteiger partial charge >= 0.3 is 0 Å². The first-order valence-electron chi connectivity index (χ1n) is 6.25. The van der Waals surface area contributed by atoms with Gasteiger partial charge in [-0.15, -0.1) is 0 Å². The van der Waals surface area contributed by atoms with Gasteiger partial charge in [0, 0.05) is 32.2 Å². The average molecular weight is 194 g/mol. The molecule has 0 aromatic rings. The Balaban J connectivity index is 1.61. The number of rotatable bonds is 1. The van der Waals surface area contributed by atoms with E-state index in [-0.39, 0.29) is 0 Å². The standard InChI is InChI=1S/C12H22N2/c1-13-4-6-14(7-5-13)12-9-10-2-3-11(12)8-10/h10-12H,2-9H2,1H3/t10-,11+,12-/m1/s1. The fourth-order valence-electron chi connectivity index (χ4n) is 3.81. The van der Waals surface area contributed by atoms with Crippen LogP contribution in [-0.4, -0.2) is 49.1 Å². The molecule has 0 spiro atoms. The quantitative estimate of drug-likeness (QED) is 0.623. The fourth-order valence-corrected chi connectivity index (χ4v) is 3.81. The summed E-state index contributed by atoms with van der Waals surface area (Å²) in [6.45, 7) is 5.22. The van der Waals surface area contributed by atoms with Crippen molar-refractivity contribution in [3.63, 3.8) is 0 Å². The molecule has 0 amide bonds. The predicted octanol–water partition coefficient (Wildman–Crippen LogP) is 1.42. The Labute approximate surface area is 87.3 Å². The van der Waals surface area contributed by atoms with Crippen molar-refractivity contribution in [2.75, 3.05) is 33.2 Å². The van der Waals surface area contributed by atoms with E-state index in [1.54, 1.807) is 6.42 Å². The summed E-state index contributed by atoms with van der Waals surface area (Å²) in [5.41, 5.74) is 0. The molecule has 2 aliphatic carbocycles. The summed E-state index contributed by atoms with van der Waals surface area (Å²) in [7, 11) is 2.25. The van der Waals surface area contributed by atoms with Crippen LogP contribution in [0.4, 0.5) is 0 Å². The first kappa shape index (κ1) is 9.17. The summed E-state index contributed by atoms with van der Waals surface area (Å²) in [5.74, 6) is 2.17. The molecule has 0 radical (unpaired) electrons. The Morgan fingerprint density at radius 1 is 0.929 bits per heavy atom. The zero-order valence-corrected chi connectivity index (χ0v) is 9.28. The van der Waals surface area contributed by atoms with E-state index in [1.165, 1.54) is 45.4 Å². The van der Waals surface area contributed by atoms with Gasteiger partial charge in [-0.1, -0.05) is 6.42 Å². The molecule has 0 N–H and O–H groups in total.